The van der Waals surface area contributed by atoms with E-state index in [1.165, 1.54) is 10.6 Å². The Morgan fingerprint density at radius 2 is 2.25 bits per heavy atom. The maximum Gasteiger partial charge on any atom is 0.419 e. The number of carbonyl (C=O) groups is 1. The summed E-state index contributed by atoms with van der Waals surface area (Å²) in [5, 5.41) is 8.49. The van der Waals surface area contributed by atoms with Crippen molar-refractivity contribution in [3.05, 3.63) is 40.4 Å². The average molecular weight is 219 g/mol. The second-order valence-electron chi connectivity index (χ2n) is 3.33. The van der Waals surface area contributed by atoms with Crippen molar-refractivity contribution in [2.75, 3.05) is 0 Å². The zero-order valence-corrected chi connectivity index (χ0v) is 8.51. The highest BCUT2D eigenvalue weighted by Crippen LogP contribution is 2.15. The van der Waals surface area contributed by atoms with Gasteiger partial charge in [-0.3, -0.25) is 4.57 Å². The lowest BCUT2D eigenvalue weighted by molar-refractivity contribution is -0.131. The molecule has 2 aromatic rings. The summed E-state index contributed by atoms with van der Waals surface area (Å²) in [5.41, 5.74) is 1.82. The predicted molar refractivity (Wildman–Crippen MR) is 58.1 cm³/mol. The molecule has 0 spiro atoms. The molecule has 2 rings (SSSR count). The zero-order valence-electron chi connectivity index (χ0n) is 8.51. The molecule has 0 saturated heterocycles. The van der Waals surface area contributed by atoms with Crippen molar-refractivity contribution in [1.29, 1.82) is 0 Å². The zero-order chi connectivity index (χ0) is 11.7. The molecule has 0 amide bonds. The van der Waals surface area contributed by atoms with Gasteiger partial charge in [-0.1, -0.05) is 6.07 Å². The van der Waals surface area contributed by atoms with E-state index in [1.807, 2.05) is 0 Å². The molecule has 0 bridgehead atoms. The van der Waals surface area contributed by atoms with E-state index in [0.717, 1.165) is 6.08 Å². The summed E-state index contributed by atoms with van der Waals surface area (Å²) in [7, 11) is 1.60. The summed E-state index contributed by atoms with van der Waals surface area (Å²) >= 11 is 0. The second kappa shape index (κ2) is 3.69. The first kappa shape index (κ1) is 10.2. The van der Waals surface area contributed by atoms with Crippen molar-refractivity contribution >= 4 is 23.1 Å². The van der Waals surface area contributed by atoms with Crippen molar-refractivity contribution in [2.24, 2.45) is 7.05 Å². The number of hydrogen-bond donors (Lipinski definition) is 1. The molecule has 0 aliphatic carbocycles. The first-order valence-electron chi connectivity index (χ1n) is 4.58. The number of hydrogen-bond acceptors (Lipinski definition) is 3. The van der Waals surface area contributed by atoms with Gasteiger partial charge in [0.15, 0.2) is 5.58 Å². The summed E-state index contributed by atoms with van der Waals surface area (Å²) in [6.45, 7) is 0. The van der Waals surface area contributed by atoms with Crippen LogP contribution in [0, 0.1) is 0 Å². The summed E-state index contributed by atoms with van der Waals surface area (Å²) in [6.07, 6.45) is 2.50. The quantitative estimate of drug-likeness (QED) is 0.771. The minimum atomic E-state index is -1.01. The number of aliphatic carboxylic acids is 1. The molecule has 0 aliphatic heterocycles. The number of aromatic nitrogens is 1. The molecule has 0 fully saturated rings. The van der Waals surface area contributed by atoms with Gasteiger partial charge >= 0.3 is 11.7 Å². The fourth-order valence-corrected chi connectivity index (χ4v) is 1.41. The Hall–Kier alpha value is -2.30. The SMILES string of the molecule is Cn1c(=O)oc2ccc(/C=C/C(=O)O)cc21. The summed E-state index contributed by atoms with van der Waals surface area (Å²) in [6, 6.07) is 5.02. The normalized spacial score (nSPS) is 11.3. The Morgan fingerprint density at radius 3 is 2.94 bits per heavy atom. The summed E-state index contributed by atoms with van der Waals surface area (Å²) < 4.78 is 6.31. The van der Waals surface area contributed by atoms with Crippen molar-refractivity contribution in [3.8, 4) is 0 Å². The minimum Gasteiger partial charge on any atom is -0.478 e. The fourth-order valence-electron chi connectivity index (χ4n) is 1.41. The van der Waals surface area contributed by atoms with E-state index in [2.05, 4.69) is 0 Å². The smallest absolute Gasteiger partial charge is 0.419 e. The van der Waals surface area contributed by atoms with Crippen LogP contribution in [-0.4, -0.2) is 15.6 Å². The number of carboxylic acid groups (broad SMARTS) is 1. The number of rotatable bonds is 2. The van der Waals surface area contributed by atoms with Crippen molar-refractivity contribution in [3.63, 3.8) is 0 Å². The number of benzene rings is 1. The third-order valence-electron chi connectivity index (χ3n) is 2.23. The molecule has 1 aromatic carbocycles. The largest absolute Gasteiger partial charge is 0.478 e. The molecule has 1 aromatic heterocycles. The van der Waals surface area contributed by atoms with Crippen LogP contribution < -0.4 is 5.76 Å². The van der Waals surface area contributed by atoms with Gasteiger partial charge < -0.3 is 9.52 Å². The van der Waals surface area contributed by atoms with E-state index >= 15 is 0 Å². The lowest BCUT2D eigenvalue weighted by Gasteiger charge is -1.94. The maximum absolute atomic E-state index is 11.2. The highest BCUT2D eigenvalue weighted by Gasteiger charge is 2.05. The van der Waals surface area contributed by atoms with E-state index in [1.54, 1.807) is 25.2 Å². The van der Waals surface area contributed by atoms with Crippen LogP contribution >= 0.6 is 0 Å². The van der Waals surface area contributed by atoms with Crippen molar-refractivity contribution in [1.82, 2.24) is 4.57 Å². The third kappa shape index (κ3) is 1.75. The van der Waals surface area contributed by atoms with Crippen molar-refractivity contribution < 1.29 is 14.3 Å². The number of fused-ring (bicyclic) bond motifs is 1. The highest BCUT2D eigenvalue weighted by atomic mass is 16.4. The standard InChI is InChI=1S/C11H9NO4/c1-12-8-6-7(3-5-10(13)14)2-4-9(8)16-11(12)15/h2-6H,1H3,(H,13,14)/b5-3+. The molecule has 0 unspecified atom stereocenters. The van der Waals surface area contributed by atoms with Crippen LogP contribution in [-0.2, 0) is 11.8 Å². The first-order chi connectivity index (χ1) is 7.58. The molecular weight excluding hydrogens is 210 g/mol. The number of carboxylic acids is 1. The van der Waals surface area contributed by atoms with Gasteiger partial charge in [0.2, 0.25) is 0 Å². The Kier molecular flexibility index (Phi) is 2.36. The lowest BCUT2D eigenvalue weighted by atomic mass is 10.2. The van der Waals surface area contributed by atoms with Gasteiger partial charge in [-0.05, 0) is 23.8 Å². The van der Waals surface area contributed by atoms with Crippen LogP contribution in [0.5, 0.6) is 0 Å². The molecular formula is C11H9NO4. The average Bonchev–Trinajstić information content (AvgIpc) is 2.52. The number of aryl methyl sites for hydroxylation is 1. The number of oxazole rings is 1. The molecule has 5 heteroatoms. The molecule has 82 valence electrons. The third-order valence-corrected chi connectivity index (χ3v) is 2.23. The lowest BCUT2D eigenvalue weighted by Crippen LogP contribution is -2.08. The number of nitrogens with zero attached hydrogens (tertiary/aromatic N) is 1. The molecule has 16 heavy (non-hydrogen) atoms. The van der Waals surface area contributed by atoms with E-state index in [9.17, 15) is 9.59 Å². The predicted octanol–water partition coefficient (Wildman–Crippen LogP) is 1.23. The minimum absolute atomic E-state index is 0.436. The van der Waals surface area contributed by atoms with E-state index in [-0.39, 0.29) is 0 Å². The fraction of sp³-hybridized carbons (Fsp3) is 0.0909. The monoisotopic (exact) mass is 219 g/mol. The van der Waals surface area contributed by atoms with Crippen LogP contribution in [0.25, 0.3) is 17.2 Å². The molecule has 1 heterocycles. The Bertz CT molecular complexity index is 633. The topological polar surface area (TPSA) is 72.4 Å². The van der Waals surface area contributed by atoms with E-state index in [4.69, 9.17) is 9.52 Å². The van der Waals surface area contributed by atoms with Crippen LogP contribution in [0.2, 0.25) is 0 Å². The van der Waals surface area contributed by atoms with Gasteiger partial charge in [-0.25, -0.2) is 9.59 Å². The van der Waals surface area contributed by atoms with Crippen molar-refractivity contribution in [2.45, 2.75) is 0 Å². The highest BCUT2D eigenvalue weighted by molar-refractivity contribution is 5.86. The molecule has 0 radical (unpaired) electrons. The van der Waals surface area contributed by atoms with Crippen LogP contribution in [0.15, 0.2) is 33.5 Å². The molecule has 5 nitrogen and oxygen atoms in total. The molecule has 0 aliphatic rings. The summed E-state index contributed by atoms with van der Waals surface area (Å²) in [5.74, 6) is -1.45. The van der Waals surface area contributed by atoms with Gasteiger partial charge in [-0.2, -0.15) is 0 Å². The Labute approximate surface area is 90.2 Å². The van der Waals surface area contributed by atoms with Gasteiger partial charge in [0.25, 0.3) is 0 Å². The Balaban J connectivity index is 2.55. The van der Waals surface area contributed by atoms with E-state index < -0.39 is 11.7 Å². The van der Waals surface area contributed by atoms with Gasteiger partial charge in [0.1, 0.15) is 0 Å². The molecule has 0 saturated carbocycles. The van der Waals surface area contributed by atoms with Crippen LogP contribution in [0.3, 0.4) is 0 Å². The maximum atomic E-state index is 11.2. The van der Waals surface area contributed by atoms with Gasteiger partial charge in [0, 0.05) is 13.1 Å². The van der Waals surface area contributed by atoms with Gasteiger partial charge in [-0.15, -0.1) is 0 Å². The second-order valence-corrected chi connectivity index (χ2v) is 3.33. The Morgan fingerprint density at radius 1 is 1.50 bits per heavy atom. The van der Waals surface area contributed by atoms with Gasteiger partial charge in [0.05, 0.1) is 5.52 Å². The first-order valence-corrected chi connectivity index (χ1v) is 4.58. The van der Waals surface area contributed by atoms with Crippen LogP contribution in [0.1, 0.15) is 5.56 Å². The van der Waals surface area contributed by atoms with E-state index in [0.29, 0.717) is 16.7 Å². The van der Waals surface area contributed by atoms with Crippen LogP contribution in [0.4, 0.5) is 0 Å². The molecule has 1 N–H and O–H groups in total. The molecule has 0 atom stereocenters. The summed E-state index contributed by atoms with van der Waals surface area (Å²) in [4.78, 5) is 21.5.